The molecule has 0 aromatic heterocycles. The molecule has 2 bridgehead atoms. The number of rotatable bonds is 9. The van der Waals surface area contributed by atoms with E-state index in [-0.39, 0.29) is 23.8 Å². The number of hydrogen-bond donors (Lipinski definition) is 2. The first-order valence-corrected chi connectivity index (χ1v) is 15.2. The number of allylic oxidation sites excluding steroid dienone is 1. The van der Waals surface area contributed by atoms with Crippen LogP contribution in [-0.4, -0.2) is 59.6 Å². The minimum atomic E-state index is -1.12. The summed E-state index contributed by atoms with van der Waals surface area (Å²) in [6.45, 7) is 2.94. The Bertz CT molecular complexity index is 1190. The average Bonchev–Trinajstić information content (AvgIpc) is 3.61. The Hall–Kier alpha value is -3.13. The summed E-state index contributed by atoms with van der Waals surface area (Å²) < 4.78 is 12.0. The number of fused-ring (bicyclic) bond motifs is 1. The van der Waals surface area contributed by atoms with Gasteiger partial charge in [-0.2, -0.15) is 0 Å². The summed E-state index contributed by atoms with van der Waals surface area (Å²) in [7, 11) is 0. The van der Waals surface area contributed by atoms with Gasteiger partial charge in [0.25, 0.3) is 0 Å². The smallest absolute Gasteiger partial charge is 0.246 e. The van der Waals surface area contributed by atoms with Gasteiger partial charge >= 0.3 is 0 Å². The minimum Gasteiger partial charge on any atom is -0.494 e. The summed E-state index contributed by atoms with van der Waals surface area (Å²) in [5, 5.41) is 6.25. The largest absolute Gasteiger partial charge is 0.494 e. The molecule has 2 aliphatic carbocycles. The molecule has 5 atom stereocenters. The van der Waals surface area contributed by atoms with E-state index in [1.54, 1.807) is 17.0 Å². The molecule has 2 N–H and O–H groups in total. The Morgan fingerprint density at radius 3 is 2.60 bits per heavy atom. The summed E-state index contributed by atoms with van der Waals surface area (Å²) in [6.07, 6.45) is 16.1. The van der Waals surface area contributed by atoms with Crippen molar-refractivity contribution in [2.45, 2.75) is 94.9 Å². The molecule has 40 heavy (non-hydrogen) atoms. The molecule has 3 fully saturated rings. The Balaban J connectivity index is 1.25. The van der Waals surface area contributed by atoms with E-state index in [0.717, 1.165) is 50.7 Å². The van der Waals surface area contributed by atoms with Gasteiger partial charge in [-0.05, 0) is 76.1 Å². The molecule has 5 aliphatic rings. The molecular formula is C32H41N3O5. The van der Waals surface area contributed by atoms with Gasteiger partial charge in [0.1, 0.15) is 17.4 Å². The van der Waals surface area contributed by atoms with Gasteiger partial charge in [-0.15, -0.1) is 0 Å². The van der Waals surface area contributed by atoms with Crippen molar-refractivity contribution in [1.29, 1.82) is 0 Å². The predicted molar refractivity (Wildman–Crippen MR) is 152 cm³/mol. The van der Waals surface area contributed by atoms with Crippen molar-refractivity contribution in [1.82, 2.24) is 10.2 Å². The van der Waals surface area contributed by atoms with Crippen LogP contribution in [0.15, 0.2) is 48.1 Å². The third-order valence-electron chi connectivity index (χ3n) is 9.37. The molecule has 8 heteroatoms. The first-order valence-electron chi connectivity index (χ1n) is 15.2. The van der Waals surface area contributed by atoms with Crippen molar-refractivity contribution in [3.63, 3.8) is 0 Å². The van der Waals surface area contributed by atoms with Crippen molar-refractivity contribution in [3.05, 3.63) is 48.1 Å². The number of nitrogens with one attached hydrogen (secondary N) is 2. The molecule has 1 aromatic rings. The average molecular weight is 548 g/mol. The highest BCUT2D eigenvalue weighted by atomic mass is 16.5. The van der Waals surface area contributed by atoms with Crippen LogP contribution in [-0.2, 0) is 19.1 Å². The zero-order chi connectivity index (χ0) is 27.7. The Kier molecular flexibility index (Phi) is 7.71. The highest BCUT2D eigenvalue weighted by Crippen LogP contribution is 2.55. The second kappa shape index (κ2) is 11.4. The first kappa shape index (κ1) is 27.1. The van der Waals surface area contributed by atoms with E-state index >= 15 is 0 Å². The van der Waals surface area contributed by atoms with E-state index in [0.29, 0.717) is 18.8 Å². The quantitative estimate of drug-likeness (QED) is 0.444. The summed E-state index contributed by atoms with van der Waals surface area (Å²) >= 11 is 0. The third-order valence-corrected chi connectivity index (χ3v) is 9.37. The molecule has 0 unspecified atom stereocenters. The Morgan fingerprint density at radius 1 is 1.07 bits per heavy atom. The number of hydrogen-bond acceptors (Lipinski definition) is 5. The summed E-state index contributed by atoms with van der Waals surface area (Å²) in [5.74, 6) is -1.27. The molecule has 214 valence electrons. The van der Waals surface area contributed by atoms with Gasteiger partial charge < -0.3 is 25.0 Å². The van der Waals surface area contributed by atoms with Crippen LogP contribution in [0.2, 0.25) is 0 Å². The normalized spacial score (nSPS) is 31.2. The number of carbonyl (C=O) groups excluding carboxylic acids is 3. The van der Waals surface area contributed by atoms with Crippen molar-refractivity contribution in [3.8, 4) is 5.75 Å². The zero-order valence-corrected chi connectivity index (χ0v) is 23.4. The lowest BCUT2D eigenvalue weighted by molar-refractivity contribution is -0.141. The zero-order valence-electron chi connectivity index (χ0n) is 23.4. The fourth-order valence-corrected chi connectivity index (χ4v) is 7.46. The van der Waals surface area contributed by atoms with Crippen LogP contribution in [0.5, 0.6) is 5.75 Å². The summed E-state index contributed by atoms with van der Waals surface area (Å²) in [5.41, 5.74) is 0.862. The molecule has 1 saturated carbocycles. The number of ether oxygens (including phenoxy) is 2. The molecule has 1 aromatic carbocycles. The molecular weight excluding hydrogens is 506 g/mol. The molecule has 3 heterocycles. The second-order valence-electron chi connectivity index (χ2n) is 11.9. The predicted octanol–water partition coefficient (Wildman–Crippen LogP) is 4.51. The van der Waals surface area contributed by atoms with Crippen LogP contribution < -0.4 is 15.4 Å². The minimum absolute atomic E-state index is 0.121. The lowest BCUT2D eigenvalue weighted by Gasteiger charge is -2.34. The van der Waals surface area contributed by atoms with Gasteiger partial charge in [0.2, 0.25) is 17.7 Å². The number of likely N-dealkylation sites (tertiary alicyclic amines) is 1. The standard InChI is InChI=1S/C32H41N3O5/c1-2-39-24-15-13-23(14-16-24)33-29(36)26-25-17-19-32(40-25)27(26)31(38)35(20-18-21-9-5-3-6-10-21)28(32)30(37)34-22-11-7-4-8-12-22/h9,13-17,19,22,25-28H,2-8,10-12,18,20H2,1H3,(H,33,36)(H,34,37)/t25-,26-,27-,28-,32-/m1/s1. The number of nitrogens with zero attached hydrogens (tertiary/aromatic N) is 1. The van der Waals surface area contributed by atoms with Crippen LogP contribution in [0.4, 0.5) is 5.69 Å². The number of amides is 3. The van der Waals surface area contributed by atoms with E-state index in [4.69, 9.17) is 9.47 Å². The maximum atomic E-state index is 14.2. The molecule has 3 aliphatic heterocycles. The SMILES string of the molecule is CCOc1ccc(NC(=O)[C@@H]2[C@H]3C=C[C@@]4(O3)[C@H]2C(=O)N(CCC2=CCCCC2)[C@@H]4C(=O)NC2CCCCC2)cc1. The van der Waals surface area contributed by atoms with Gasteiger partial charge in [-0.1, -0.05) is 43.1 Å². The van der Waals surface area contributed by atoms with Crippen molar-refractivity contribution < 1.29 is 23.9 Å². The number of anilines is 1. The summed E-state index contributed by atoms with van der Waals surface area (Å²) in [4.78, 5) is 43.5. The van der Waals surface area contributed by atoms with Crippen molar-refractivity contribution in [2.24, 2.45) is 11.8 Å². The molecule has 1 spiro atoms. The fourth-order valence-electron chi connectivity index (χ4n) is 7.46. The van der Waals surface area contributed by atoms with E-state index < -0.39 is 29.6 Å². The summed E-state index contributed by atoms with van der Waals surface area (Å²) in [6, 6.07) is 6.56. The van der Waals surface area contributed by atoms with Gasteiger partial charge in [0, 0.05) is 18.3 Å². The maximum Gasteiger partial charge on any atom is 0.246 e. The molecule has 8 nitrogen and oxygen atoms in total. The van der Waals surface area contributed by atoms with Crippen LogP contribution in [0, 0.1) is 11.8 Å². The topological polar surface area (TPSA) is 97.0 Å². The molecule has 0 radical (unpaired) electrons. The fraction of sp³-hybridized carbons (Fsp3) is 0.594. The van der Waals surface area contributed by atoms with Gasteiger partial charge in [-0.3, -0.25) is 14.4 Å². The first-order chi connectivity index (χ1) is 19.5. The Morgan fingerprint density at radius 2 is 1.88 bits per heavy atom. The highest BCUT2D eigenvalue weighted by molar-refractivity contribution is 6.02. The van der Waals surface area contributed by atoms with Crippen molar-refractivity contribution >= 4 is 23.4 Å². The number of carbonyl (C=O) groups is 3. The van der Waals surface area contributed by atoms with Crippen LogP contribution >= 0.6 is 0 Å². The van der Waals surface area contributed by atoms with Crippen LogP contribution in [0.1, 0.15) is 71.1 Å². The Labute approximate surface area is 236 Å². The highest BCUT2D eigenvalue weighted by Gasteiger charge is 2.72. The number of benzene rings is 1. The van der Waals surface area contributed by atoms with Gasteiger partial charge in [0.05, 0.1) is 24.5 Å². The van der Waals surface area contributed by atoms with Gasteiger partial charge in [-0.25, -0.2) is 0 Å². The maximum absolute atomic E-state index is 14.2. The second-order valence-corrected chi connectivity index (χ2v) is 11.9. The van der Waals surface area contributed by atoms with E-state index in [1.165, 1.54) is 24.8 Å². The van der Waals surface area contributed by atoms with Crippen molar-refractivity contribution in [2.75, 3.05) is 18.5 Å². The van der Waals surface area contributed by atoms with E-state index in [9.17, 15) is 14.4 Å². The van der Waals surface area contributed by atoms with Crippen LogP contribution in [0.3, 0.4) is 0 Å². The molecule has 2 saturated heterocycles. The van der Waals surface area contributed by atoms with Gasteiger partial charge in [0.15, 0.2) is 0 Å². The molecule has 3 amide bonds. The third kappa shape index (κ3) is 4.95. The molecule has 6 rings (SSSR count). The van der Waals surface area contributed by atoms with Crippen LogP contribution in [0.25, 0.3) is 0 Å². The van der Waals surface area contributed by atoms with E-state index in [1.807, 2.05) is 31.2 Å². The van der Waals surface area contributed by atoms with E-state index in [2.05, 4.69) is 16.7 Å². The monoisotopic (exact) mass is 547 g/mol. The lowest BCUT2D eigenvalue weighted by atomic mass is 9.74. The lowest BCUT2D eigenvalue weighted by Crippen LogP contribution is -2.56.